The summed E-state index contributed by atoms with van der Waals surface area (Å²) in [6, 6.07) is 8.16. The summed E-state index contributed by atoms with van der Waals surface area (Å²) < 4.78 is 13.5. The van der Waals surface area contributed by atoms with Crippen molar-refractivity contribution in [2.75, 3.05) is 0 Å². The number of aromatic amines is 1. The SMILES string of the molecule is O=c1[nH]cc(-c2ccccc2F)cc1CBr. The Morgan fingerprint density at radius 2 is 2.06 bits per heavy atom. The lowest BCUT2D eigenvalue weighted by atomic mass is 10.1. The number of alkyl halides is 1. The summed E-state index contributed by atoms with van der Waals surface area (Å²) in [7, 11) is 0. The lowest BCUT2D eigenvalue weighted by Crippen LogP contribution is -2.10. The van der Waals surface area contributed by atoms with Gasteiger partial charge in [-0.15, -0.1) is 0 Å². The van der Waals surface area contributed by atoms with Gasteiger partial charge in [0.05, 0.1) is 0 Å². The van der Waals surface area contributed by atoms with E-state index in [9.17, 15) is 9.18 Å². The molecule has 16 heavy (non-hydrogen) atoms. The van der Waals surface area contributed by atoms with Crippen LogP contribution in [0.5, 0.6) is 0 Å². The fourth-order valence-electron chi connectivity index (χ4n) is 1.48. The fraction of sp³-hybridized carbons (Fsp3) is 0.0833. The smallest absolute Gasteiger partial charge is 0.252 e. The molecule has 0 aliphatic rings. The van der Waals surface area contributed by atoms with Gasteiger partial charge in [0.15, 0.2) is 0 Å². The summed E-state index contributed by atoms with van der Waals surface area (Å²) in [5.41, 5.74) is 1.59. The van der Waals surface area contributed by atoms with E-state index in [1.807, 2.05) is 0 Å². The van der Waals surface area contributed by atoms with Crippen LogP contribution in [0.3, 0.4) is 0 Å². The first-order valence-corrected chi connectivity index (χ1v) is 5.87. The summed E-state index contributed by atoms with van der Waals surface area (Å²) in [5, 5.41) is 0.449. The van der Waals surface area contributed by atoms with E-state index < -0.39 is 0 Å². The van der Waals surface area contributed by atoms with Crippen LogP contribution >= 0.6 is 15.9 Å². The Morgan fingerprint density at radius 3 is 2.75 bits per heavy atom. The highest BCUT2D eigenvalue weighted by Crippen LogP contribution is 2.21. The van der Waals surface area contributed by atoms with Crippen LogP contribution < -0.4 is 5.56 Å². The van der Waals surface area contributed by atoms with Gasteiger partial charge < -0.3 is 4.98 Å². The first-order chi connectivity index (χ1) is 7.72. The molecule has 0 aliphatic carbocycles. The zero-order valence-electron chi connectivity index (χ0n) is 8.34. The van der Waals surface area contributed by atoms with Crippen LogP contribution in [0.1, 0.15) is 5.56 Å². The average molecular weight is 282 g/mol. The monoisotopic (exact) mass is 281 g/mol. The minimum Gasteiger partial charge on any atom is -0.328 e. The van der Waals surface area contributed by atoms with Crippen molar-refractivity contribution >= 4 is 15.9 Å². The predicted molar refractivity (Wildman–Crippen MR) is 65.1 cm³/mol. The third-order valence-corrected chi connectivity index (χ3v) is 2.91. The molecule has 0 unspecified atom stereocenters. The number of pyridine rings is 1. The van der Waals surface area contributed by atoms with Gasteiger partial charge in [-0.05, 0) is 12.1 Å². The number of halogens is 2. The number of rotatable bonds is 2. The van der Waals surface area contributed by atoms with E-state index in [2.05, 4.69) is 20.9 Å². The summed E-state index contributed by atoms with van der Waals surface area (Å²) in [6.45, 7) is 0. The van der Waals surface area contributed by atoms with E-state index in [-0.39, 0.29) is 11.4 Å². The molecular weight excluding hydrogens is 273 g/mol. The summed E-state index contributed by atoms with van der Waals surface area (Å²) in [6.07, 6.45) is 1.52. The molecule has 0 radical (unpaired) electrons. The maximum atomic E-state index is 13.5. The van der Waals surface area contributed by atoms with Crippen LogP contribution in [0.4, 0.5) is 4.39 Å². The predicted octanol–water partition coefficient (Wildman–Crippen LogP) is 3.08. The third kappa shape index (κ3) is 2.07. The quantitative estimate of drug-likeness (QED) is 0.844. The van der Waals surface area contributed by atoms with Gasteiger partial charge in [0.2, 0.25) is 0 Å². The Morgan fingerprint density at radius 1 is 1.31 bits per heavy atom. The molecule has 2 rings (SSSR count). The second kappa shape index (κ2) is 4.61. The van der Waals surface area contributed by atoms with Crippen molar-refractivity contribution in [3.05, 3.63) is 58.3 Å². The maximum Gasteiger partial charge on any atom is 0.252 e. The largest absolute Gasteiger partial charge is 0.328 e. The third-order valence-electron chi connectivity index (χ3n) is 2.31. The molecule has 1 N–H and O–H groups in total. The van der Waals surface area contributed by atoms with E-state index in [1.54, 1.807) is 24.3 Å². The molecule has 82 valence electrons. The van der Waals surface area contributed by atoms with Gasteiger partial charge in [-0.1, -0.05) is 34.1 Å². The Kier molecular flexibility index (Phi) is 3.19. The molecule has 0 atom stereocenters. The maximum absolute atomic E-state index is 13.5. The molecule has 4 heteroatoms. The lowest BCUT2D eigenvalue weighted by Gasteiger charge is -2.04. The van der Waals surface area contributed by atoms with E-state index in [0.29, 0.717) is 22.0 Å². The second-order valence-corrected chi connectivity index (χ2v) is 3.92. The molecule has 2 nitrogen and oxygen atoms in total. The van der Waals surface area contributed by atoms with Gasteiger partial charge in [-0.2, -0.15) is 0 Å². The molecule has 0 fully saturated rings. The standard InChI is InChI=1S/C12H9BrFNO/c13-6-8-5-9(7-15-12(8)16)10-3-1-2-4-11(10)14/h1-5,7H,6H2,(H,15,16). The molecule has 0 saturated carbocycles. The highest BCUT2D eigenvalue weighted by molar-refractivity contribution is 9.08. The van der Waals surface area contributed by atoms with Gasteiger partial charge in [0, 0.05) is 28.2 Å². The minimum absolute atomic E-state index is 0.156. The van der Waals surface area contributed by atoms with Gasteiger partial charge in [0.1, 0.15) is 5.82 Å². The van der Waals surface area contributed by atoms with Crippen molar-refractivity contribution in [1.82, 2.24) is 4.98 Å². The van der Waals surface area contributed by atoms with Crippen LogP contribution in [0.25, 0.3) is 11.1 Å². The molecule has 0 amide bonds. The Hall–Kier alpha value is -1.42. The normalized spacial score (nSPS) is 10.4. The molecule has 1 heterocycles. The first kappa shape index (κ1) is 11.1. The van der Waals surface area contributed by atoms with Crippen molar-refractivity contribution in [1.29, 1.82) is 0 Å². The van der Waals surface area contributed by atoms with Crippen LogP contribution in [0, 0.1) is 5.82 Å². The van der Waals surface area contributed by atoms with E-state index in [4.69, 9.17) is 0 Å². The molecule has 1 aromatic carbocycles. The average Bonchev–Trinajstić information content (AvgIpc) is 2.31. The topological polar surface area (TPSA) is 32.9 Å². The number of hydrogen-bond donors (Lipinski definition) is 1. The van der Waals surface area contributed by atoms with Crippen molar-refractivity contribution in [2.24, 2.45) is 0 Å². The minimum atomic E-state index is -0.296. The molecule has 0 bridgehead atoms. The van der Waals surface area contributed by atoms with Crippen molar-refractivity contribution < 1.29 is 4.39 Å². The lowest BCUT2D eigenvalue weighted by molar-refractivity contribution is 0.631. The van der Waals surface area contributed by atoms with Crippen LogP contribution in [-0.4, -0.2) is 4.98 Å². The van der Waals surface area contributed by atoms with E-state index in [0.717, 1.165) is 0 Å². The molecule has 1 aromatic heterocycles. The van der Waals surface area contributed by atoms with Gasteiger partial charge in [0.25, 0.3) is 5.56 Å². The molecule has 0 spiro atoms. The summed E-state index contributed by atoms with van der Waals surface area (Å²) >= 11 is 3.22. The number of H-pyrrole nitrogens is 1. The molecular formula is C12H9BrFNO. The zero-order chi connectivity index (χ0) is 11.5. The number of benzene rings is 1. The molecule has 0 saturated heterocycles. The van der Waals surface area contributed by atoms with Crippen LogP contribution in [-0.2, 0) is 5.33 Å². The Bertz CT molecular complexity index is 565. The highest BCUT2D eigenvalue weighted by Gasteiger charge is 2.06. The van der Waals surface area contributed by atoms with Gasteiger partial charge in [-0.3, -0.25) is 4.79 Å². The van der Waals surface area contributed by atoms with Gasteiger partial charge >= 0.3 is 0 Å². The first-order valence-electron chi connectivity index (χ1n) is 4.75. The summed E-state index contributed by atoms with van der Waals surface area (Å²) in [5.74, 6) is -0.296. The number of aromatic nitrogens is 1. The fourth-order valence-corrected chi connectivity index (χ4v) is 1.90. The number of nitrogens with one attached hydrogen (secondary N) is 1. The molecule has 0 aliphatic heterocycles. The van der Waals surface area contributed by atoms with Crippen LogP contribution in [0.15, 0.2) is 41.3 Å². The van der Waals surface area contributed by atoms with Crippen molar-refractivity contribution in [3.63, 3.8) is 0 Å². The Labute approximate surface area is 100 Å². The van der Waals surface area contributed by atoms with E-state index in [1.165, 1.54) is 12.3 Å². The van der Waals surface area contributed by atoms with E-state index >= 15 is 0 Å². The number of hydrogen-bond acceptors (Lipinski definition) is 1. The van der Waals surface area contributed by atoms with Gasteiger partial charge in [-0.25, -0.2) is 4.39 Å². The van der Waals surface area contributed by atoms with Crippen molar-refractivity contribution in [3.8, 4) is 11.1 Å². The van der Waals surface area contributed by atoms with Crippen LogP contribution in [0.2, 0.25) is 0 Å². The Balaban J connectivity index is 2.57. The zero-order valence-corrected chi connectivity index (χ0v) is 9.92. The summed E-state index contributed by atoms with van der Waals surface area (Å²) in [4.78, 5) is 13.9. The van der Waals surface area contributed by atoms with Crippen molar-refractivity contribution in [2.45, 2.75) is 5.33 Å². The second-order valence-electron chi connectivity index (χ2n) is 3.36. The highest BCUT2D eigenvalue weighted by atomic mass is 79.9. The molecule has 2 aromatic rings.